The number of likely N-dealkylation sites (tertiary alicyclic amines) is 1. The monoisotopic (exact) mass is 172 g/mol. The largest absolute Gasteiger partial charge is 0.481 e. The molecule has 12 heavy (non-hydrogen) atoms. The number of carboxylic acids is 1. The van der Waals surface area contributed by atoms with Crippen molar-refractivity contribution in [2.75, 3.05) is 26.2 Å². The molecule has 0 spiro atoms. The van der Waals surface area contributed by atoms with Crippen molar-refractivity contribution in [1.82, 2.24) is 4.90 Å². The Kier molecular flexibility index (Phi) is 3.49. The Labute approximate surface area is 72.3 Å². The molecule has 1 saturated heterocycles. The van der Waals surface area contributed by atoms with Crippen molar-refractivity contribution in [3.8, 4) is 0 Å². The number of hydrogen-bond acceptors (Lipinski definition) is 3. The summed E-state index contributed by atoms with van der Waals surface area (Å²) < 4.78 is 0. The maximum Gasteiger partial charge on any atom is 0.304 e. The first-order valence-corrected chi connectivity index (χ1v) is 4.36. The Morgan fingerprint density at radius 3 is 2.92 bits per heavy atom. The summed E-state index contributed by atoms with van der Waals surface area (Å²) in [7, 11) is 0. The van der Waals surface area contributed by atoms with Gasteiger partial charge in [-0.05, 0) is 25.4 Å². The van der Waals surface area contributed by atoms with Gasteiger partial charge in [0.1, 0.15) is 0 Å². The van der Waals surface area contributed by atoms with E-state index in [9.17, 15) is 4.79 Å². The summed E-state index contributed by atoms with van der Waals surface area (Å²) in [6, 6.07) is 0. The molecule has 1 unspecified atom stereocenters. The Bertz CT molecular complexity index is 161. The van der Waals surface area contributed by atoms with Gasteiger partial charge in [-0.3, -0.25) is 4.79 Å². The van der Waals surface area contributed by atoms with E-state index in [1.165, 1.54) is 0 Å². The van der Waals surface area contributed by atoms with E-state index in [1.807, 2.05) is 0 Å². The number of carboxylic acid groups (broad SMARTS) is 1. The zero-order valence-corrected chi connectivity index (χ0v) is 7.20. The lowest BCUT2D eigenvalue weighted by Crippen LogP contribution is -2.25. The van der Waals surface area contributed by atoms with Crippen molar-refractivity contribution in [2.45, 2.75) is 12.8 Å². The molecule has 4 nitrogen and oxygen atoms in total. The summed E-state index contributed by atoms with van der Waals surface area (Å²) in [5.74, 6) is -0.134. The van der Waals surface area contributed by atoms with Crippen molar-refractivity contribution in [3.05, 3.63) is 0 Å². The van der Waals surface area contributed by atoms with Gasteiger partial charge >= 0.3 is 5.97 Å². The molecule has 0 amide bonds. The van der Waals surface area contributed by atoms with Crippen molar-refractivity contribution in [1.29, 1.82) is 0 Å². The summed E-state index contributed by atoms with van der Waals surface area (Å²) in [5, 5.41) is 8.45. The first kappa shape index (κ1) is 9.48. The molecule has 0 aromatic rings. The van der Waals surface area contributed by atoms with Crippen molar-refractivity contribution >= 4 is 5.97 Å². The van der Waals surface area contributed by atoms with E-state index in [1.54, 1.807) is 0 Å². The van der Waals surface area contributed by atoms with E-state index in [-0.39, 0.29) is 6.42 Å². The molecule has 0 aliphatic carbocycles. The van der Waals surface area contributed by atoms with Crippen LogP contribution in [0.25, 0.3) is 0 Å². The number of aliphatic carboxylic acids is 1. The van der Waals surface area contributed by atoms with Crippen LogP contribution in [0.1, 0.15) is 12.8 Å². The number of nitrogens with zero attached hydrogens (tertiary/aromatic N) is 1. The van der Waals surface area contributed by atoms with Gasteiger partial charge in [-0.15, -0.1) is 0 Å². The van der Waals surface area contributed by atoms with E-state index in [0.29, 0.717) is 12.5 Å². The van der Waals surface area contributed by atoms with E-state index in [4.69, 9.17) is 10.8 Å². The Morgan fingerprint density at radius 2 is 2.42 bits per heavy atom. The molecule has 1 heterocycles. The minimum Gasteiger partial charge on any atom is -0.481 e. The normalized spacial score (nSPS) is 24.6. The van der Waals surface area contributed by atoms with Crippen LogP contribution in [-0.4, -0.2) is 42.2 Å². The number of nitrogens with two attached hydrogens (primary N) is 1. The lowest BCUT2D eigenvalue weighted by molar-refractivity contribution is -0.137. The molecule has 0 radical (unpaired) electrons. The summed E-state index contributed by atoms with van der Waals surface area (Å²) in [6.45, 7) is 3.38. The second-order valence-corrected chi connectivity index (χ2v) is 3.33. The third-order valence-corrected chi connectivity index (χ3v) is 2.35. The molecule has 3 N–H and O–H groups in total. The fraction of sp³-hybridized carbons (Fsp3) is 0.875. The van der Waals surface area contributed by atoms with Crippen LogP contribution < -0.4 is 5.73 Å². The molecule has 4 heteroatoms. The topological polar surface area (TPSA) is 66.6 Å². The molecule has 0 bridgehead atoms. The van der Waals surface area contributed by atoms with E-state index >= 15 is 0 Å². The Morgan fingerprint density at radius 1 is 1.67 bits per heavy atom. The van der Waals surface area contributed by atoms with Crippen LogP contribution in [0.15, 0.2) is 0 Å². The lowest BCUT2D eigenvalue weighted by Gasteiger charge is -2.13. The summed E-state index contributed by atoms with van der Waals surface area (Å²) in [4.78, 5) is 12.4. The van der Waals surface area contributed by atoms with Gasteiger partial charge in [0.05, 0.1) is 6.42 Å². The van der Waals surface area contributed by atoms with Gasteiger partial charge < -0.3 is 15.7 Å². The standard InChI is InChI=1S/C8H16N2O2/c9-5-7-1-3-10(6-7)4-2-8(11)12/h7H,1-6,9H2,(H,11,12). The van der Waals surface area contributed by atoms with Crippen molar-refractivity contribution in [2.24, 2.45) is 11.7 Å². The van der Waals surface area contributed by atoms with Crippen LogP contribution in [0, 0.1) is 5.92 Å². The molecule has 0 saturated carbocycles. The molecule has 1 atom stereocenters. The SMILES string of the molecule is NCC1CCN(CCC(=O)O)C1. The van der Waals surface area contributed by atoms with Crippen LogP contribution in [-0.2, 0) is 4.79 Å². The van der Waals surface area contributed by atoms with Gasteiger partial charge in [0.15, 0.2) is 0 Å². The average Bonchev–Trinajstić information content (AvgIpc) is 2.48. The van der Waals surface area contributed by atoms with E-state index in [2.05, 4.69) is 4.90 Å². The minimum absolute atomic E-state index is 0.247. The van der Waals surface area contributed by atoms with Crippen LogP contribution in [0.2, 0.25) is 0 Å². The first-order valence-electron chi connectivity index (χ1n) is 4.36. The fourth-order valence-electron chi connectivity index (χ4n) is 1.56. The number of carbonyl (C=O) groups is 1. The van der Waals surface area contributed by atoms with Gasteiger partial charge in [-0.25, -0.2) is 0 Å². The van der Waals surface area contributed by atoms with E-state index in [0.717, 1.165) is 26.1 Å². The highest BCUT2D eigenvalue weighted by Crippen LogP contribution is 2.14. The quantitative estimate of drug-likeness (QED) is 0.613. The number of rotatable bonds is 4. The van der Waals surface area contributed by atoms with Crippen molar-refractivity contribution in [3.63, 3.8) is 0 Å². The second-order valence-electron chi connectivity index (χ2n) is 3.33. The third kappa shape index (κ3) is 2.79. The minimum atomic E-state index is -0.716. The maximum atomic E-state index is 10.3. The van der Waals surface area contributed by atoms with E-state index < -0.39 is 5.97 Å². The zero-order chi connectivity index (χ0) is 8.97. The summed E-state index contributed by atoms with van der Waals surface area (Å²) in [6.07, 6.45) is 1.37. The predicted octanol–water partition coefficient (Wildman–Crippen LogP) is -0.258. The van der Waals surface area contributed by atoms with Crippen LogP contribution in [0.5, 0.6) is 0 Å². The average molecular weight is 172 g/mol. The highest BCUT2D eigenvalue weighted by atomic mass is 16.4. The van der Waals surface area contributed by atoms with Gasteiger partial charge in [0.25, 0.3) is 0 Å². The van der Waals surface area contributed by atoms with Crippen LogP contribution in [0.4, 0.5) is 0 Å². The Balaban J connectivity index is 2.15. The predicted molar refractivity (Wildman–Crippen MR) is 45.9 cm³/mol. The van der Waals surface area contributed by atoms with Crippen molar-refractivity contribution < 1.29 is 9.90 Å². The molecule has 0 aromatic heterocycles. The van der Waals surface area contributed by atoms with Gasteiger partial charge in [-0.1, -0.05) is 0 Å². The molecule has 1 aliphatic rings. The fourth-order valence-corrected chi connectivity index (χ4v) is 1.56. The maximum absolute atomic E-state index is 10.3. The van der Waals surface area contributed by atoms with Gasteiger partial charge in [0.2, 0.25) is 0 Å². The molecule has 70 valence electrons. The highest BCUT2D eigenvalue weighted by molar-refractivity contribution is 5.66. The number of hydrogen-bond donors (Lipinski definition) is 2. The van der Waals surface area contributed by atoms with Crippen LogP contribution >= 0.6 is 0 Å². The second kappa shape index (κ2) is 4.42. The third-order valence-electron chi connectivity index (χ3n) is 2.35. The smallest absolute Gasteiger partial charge is 0.304 e. The van der Waals surface area contributed by atoms with Crippen LogP contribution in [0.3, 0.4) is 0 Å². The first-order chi connectivity index (χ1) is 5.72. The lowest BCUT2D eigenvalue weighted by atomic mass is 10.1. The molecular formula is C8H16N2O2. The molecule has 0 aromatic carbocycles. The Hall–Kier alpha value is -0.610. The molecule has 1 rings (SSSR count). The highest BCUT2D eigenvalue weighted by Gasteiger charge is 2.20. The van der Waals surface area contributed by atoms with Gasteiger partial charge in [-0.2, -0.15) is 0 Å². The van der Waals surface area contributed by atoms with Gasteiger partial charge in [0, 0.05) is 13.1 Å². The zero-order valence-electron chi connectivity index (χ0n) is 7.20. The summed E-state index contributed by atoms with van der Waals surface area (Å²) in [5.41, 5.74) is 5.51. The summed E-state index contributed by atoms with van der Waals surface area (Å²) >= 11 is 0. The molecule has 1 aliphatic heterocycles. The molecular weight excluding hydrogens is 156 g/mol. The molecule has 1 fully saturated rings.